The molecular formula is C21H25N7O. The van der Waals surface area contributed by atoms with Crippen molar-refractivity contribution in [3.63, 3.8) is 0 Å². The number of likely N-dealkylation sites (tertiary alicyclic amines) is 1. The molecule has 8 nitrogen and oxygen atoms in total. The molecule has 0 spiro atoms. The van der Waals surface area contributed by atoms with Gasteiger partial charge >= 0.3 is 0 Å². The van der Waals surface area contributed by atoms with E-state index < -0.39 is 0 Å². The quantitative estimate of drug-likeness (QED) is 0.738. The van der Waals surface area contributed by atoms with Gasteiger partial charge in [-0.1, -0.05) is 0 Å². The first-order valence-electron chi connectivity index (χ1n) is 10.2. The van der Waals surface area contributed by atoms with Crippen LogP contribution in [0.4, 0.5) is 0 Å². The van der Waals surface area contributed by atoms with Gasteiger partial charge in [0.25, 0.3) is 5.91 Å². The van der Waals surface area contributed by atoms with Crippen LogP contribution in [0.1, 0.15) is 46.3 Å². The summed E-state index contributed by atoms with van der Waals surface area (Å²) in [5.41, 5.74) is 2.79. The van der Waals surface area contributed by atoms with Crippen LogP contribution in [0.5, 0.6) is 0 Å². The highest BCUT2D eigenvalue weighted by Gasteiger charge is 2.29. The molecule has 1 fully saturated rings. The molecule has 4 heterocycles. The average molecular weight is 391 g/mol. The van der Waals surface area contributed by atoms with Crippen LogP contribution in [0.25, 0.3) is 5.69 Å². The van der Waals surface area contributed by atoms with Crippen molar-refractivity contribution in [2.24, 2.45) is 0 Å². The van der Waals surface area contributed by atoms with Crippen LogP contribution < -0.4 is 5.32 Å². The van der Waals surface area contributed by atoms with Gasteiger partial charge in [-0.15, -0.1) is 10.2 Å². The highest BCUT2D eigenvalue weighted by atomic mass is 16.2. The van der Waals surface area contributed by atoms with Crippen molar-refractivity contribution in [2.45, 2.75) is 38.8 Å². The predicted molar refractivity (Wildman–Crippen MR) is 108 cm³/mol. The molecule has 5 rings (SSSR count). The van der Waals surface area contributed by atoms with Gasteiger partial charge in [0.15, 0.2) is 0 Å². The Morgan fingerprint density at radius 1 is 1.10 bits per heavy atom. The van der Waals surface area contributed by atoms with Gasteiger partial charge < -0.3 is 14.8 Å². The zero-order chi connectivity index (χ0) is 19.8. The van der Waals surface area contributed by atoms with E-state index in [0.29, 0.717) is 5.92 Å². The molecule has 2 aliphatic heterocycles. The Morgan fingerprint density at radius 3 is 2.62 bits per heavy atom. The molecule has 2 aromatic heterocycles. The zero-order valence-electron chi connectivity index (χ0n) is 16.6. The van der Waals surface area contributed by atoms with Gasteiger partial charge in [0.2, 0.25) is 0 Å². The molecule has 1 amide bonds. The number of aryl methyl sites for hydroxylation is 1. The van der Waals surface area contributed by atoms with Crippen molar-refractivity contribution in [3.8, 4) is 5.69 Å². The van der Waals surface area contributed by atoms with Crippen LogP contribution in [-0.4, -0.2) is 55.0 Å². The predicted octanol–water partition coefficient (Wildman–Crippen LogP) is 1.90. The fourth-order valence-electron chi connectivity index (χ4n) is 4.25. The summed E-state index contributed by atoms with van der Waals surface area (Å²) in [7, 11) is 0. The monoisotopic (exact) mass is 391 g/mol. The van der Waals surface area contributed by atoms with Crippen LogP contribution in [0.2, 0.25) is 0 Å². The molecule has 1 aromatic carbocycles. The van der Waals surface area contributed by atoms with Crippen LogP contribution in [0.3, 0.4) is 0 Å². The van der Waals surface area contributed by atoms with Crippen molar-refractivity contribution in [2.75, 3.05) is 19.6 Å². The maximum Gasteiger partial charge on any atom is 0.253 e. The number of aromatic nitrogens is 5. The number of carbonyl (C=O) groups excluding carboxylic acids is 1. The number of fused-ring (bicyclic) bond motifs is 1. The van der Waals surface area contributed by atoms with E-state index in [-0.39, 0.29) is 5.91 Å². The minimum atomic E-state index is 0.0964. The summed E-state index contributed by atoms with van der Waals surface area (Å²) in [5.74, 6) is 2.59. The summed E-state index contributed by atoms with van der Waals surface area (Å²) < 4.78 is 4.08. The van der Waals surface area contributed by atoms with Crippen molar-refractivity contribution >= 4 is 5.91 Å². The second-order valence-corrected chi connectivity index (χ2v) is 7.88. The zero-order valence-corrected chi connectivity index (χ0v) is 16.6. The Bertz CT molecular complexity index is 1010. The molecule has 0 radical (unpaired) electrons. The first-order valence-corrected chi connectivity index (χ1v) is 10.2. The third-order valence-electron chi connectivity index (χ3n) is 5.89. The fraction of sp³-hybridized carbons (Fsp3) is 0.429. The van der Waals surface area contributed by atoms with Crippen molar-refractivity contribution in [1.82, 2.24) is 34.8 Å². The number of benzene rings is 1. The number of nitrogens with one attached hydrogen (secondary N) is 1. The van der Waals surface area contributed by atoms with Gasteiger partial charge in [-0.05, 0) is 49.6 Å². The number of hydrogen-bond acceptors (Lipinski definition) is 5. The molecule has 0 unspecified atom stereocenters. The molecule has 8 heteroatoms. The Morgan fingerprint density at radius 2 is 1.90 bits per heavy atom. The molecule has 0 atom stereocenters. The SMILES string of the molecule is Cc1cnn(-c2ccc(C(=O)N3CCC(c4nnc5n4CCNC5)CC3)cc2)c1. The number of amides is 1. The molecule has 2 aliphatic rings. The molecule has 3 aromatic rings. The molecular weight excluding hydrogens is 366 g/mol. The Kier molecular flexibility index (Phi) is 4.63. The smallest absolute Gasteiger partial charge is 0.253 e. The van der Waals surface area contributed by atoms with Crippen molar-refractivity contribution in [3.05, 3.63) is 59.4 Å². The maximum atomic E-state index is 12.9. The summed E-state index contributed by atoms with van der Waals surface area (Å²) in [4.78, 5) is 14.9. The summed E-state index contributed by atoms with van der Waals surface area (Å²) >= 11 is 0. The number of nitrogens with zero attached hydrogens (tertiary/aromatic N) is 6. The molecule has 1 N–H and O–H groups in total. The lowest BCUT2D eigenvalue weighted by atomic mass is 9.95. The Hall–Kier alpha value is -3.00. The van der Waals surface area contributed by atoms with E-state index in [9.17, 15) is 4.79 Å². The topological polar surface area (TPSA) is 80.9 Å². The molecule has 29 heavy (non-hydrogen) atoms. The highest BCUT2D eigenvalue weighted by molar-refractivity contribution is 5.94. The number of carbonyl (C=O) groups is 1. The second-order valence-electron chi connectivity index (χ2n) is 7.88. The molecule has 0 saturated carbocycles. The largest absolute Gasteiger partial charge is 0.339 e. The lowest BCUT2D eigenvalue weighted by molar-refractivity contribution is 0.0710. The fourth-order valence-corrected chi connectivity index (χ4v) is 4.25. The van der Waals surface area contributed by atoms with E-state index in [4.69, 9.17) is 0 Å². The molecule has 150 valence electrons. The Balaban J connectivity index is 1.24. The van der Waals surface area contributed by atoms with Gasteiger partial charge in [-0.2, -0.15) is 5.10 Å². The normalized spacial score (nSPS) is 17.3. The second kappa shape index (κ2) is 7.44. The number of rotatable bonds is 3. The summed E-state index contributed by atoms with van der Waals surface area (Å²) in [6.45, 7) is 6.20. The summed E-state index contributed by atoms with van der Waals surface area (Å²) in [6, 6.07) is 7.68. The van der Waals surface area contributed by atoms with E-state index in [1.165, 1.54) is 0 Å². The van der Waals surface area contributed by atoms with E-state index in [1.807, 2.05) is 53.2 Å². The first kappa shape index (κ1) is 18.1. The van der Waals surface area contributed by atoms with E-state index in [0.717, 1.165) is 74.0 Å². The number of piperidine rings is 1. The lowest BCUT2D eigenvalue weighted by Crippen LogP contribution is -2.38. The lowest BCUT2D eigenvalue weighted by Gasteiger charge is -2.32. The van der Waals surface area contributed by atoms with Gasteiger partial charge in [-0.25, -0.2) is 4.68 Å². The van der Waals surface area contributed by atoms with Gasteiger partial charge in [0.05, 0.1) is 18.4 Å². The minimum Gasteiger partial charge on any atom is -0.339 e. The van der Waals surface area contributed by atoms with Crippen molar-refractivity contribution in [1.29, 1.82) is 0 Å². The third kappa shape index (κ3) is 3.44. The molecule has 0 bridgehead atoms. The van der Waals surface area contributed by atoms with Crippen molar-refractivity contribution < 1.29 is 4.79 Å². The summed E-state index contributed by atoms with van der Waals surface area (Å²) in [6.07, 6.45) is 5.66. The first-order chi connectivity index (χ1) is 14.2. The highest BCUT2D eigenvalue weighted by Crippen LogP contribution is 2.28. The van der Waals surface area contributed by atoms with E-state index >= 15 is 0 Å². The van der Waals surface area contributed by atoms with Gasteiger partial charge in [0.1, 0.15) is 11.6 Å². The molecule has 0 aliphatic carbocycles. The van der Waals surface area contributed by atoms with Crippen LogP contribution in [0, 0.1) is 6.92 Å². The van der Waals surface area contributed by atoms with Gasteiger partial charge in [0, 0.05) is 43.9 Å². The average Bonchev–Trinajstić information content (AvgIpc) is 3.40. The van der Waals surface area contributed by atoms with Crippen LogP contribution >= 0.6 is 0 Å². The van der Waals surface area contributed by atoms with E-state index in [2.05, 4.69) is 25.2 Å². The van der Waals surface area contributed by atoms with E-state index in [1.54, 1.807) is 0 Å². The summed E-state index contributed by atoms with van der Waals surface area (Å²) in [5, 5.41) is 16.4. The van der Waals surface area contributed by atoms with Gasteiger partial charge in [-0.3, -0.25) is 4.79 Å². The minimum absolute atomic E-state index is 0.0964. The standard InChI is InChI=1S/C21H25N7O/c1-15-12-23-28(14-15)18-4-2-17(3-5-18)21(29)26-9-6-16(7-10-26)20-25-24-19-13-22-8-11-27(19)20/h2-5,12,14,16,22H,6-11,13H2,1H3. The third-order valence-corrected chi connectivity index (χ3v) is 5.89. The van der Waals surface area contributed by atoms with Crippen LogP contribution in [-0.2, 0) is 13.1 Å². The van der Waals surface area contributed by atoms with Crippen LogP contribution in [0.15, 0.2) is 36.7 Å². The number of hydrogen-bond donors (Lipinski definition) is 1. The Labute approximate surface area is 169 Å². The maximum absolute atomic E-state index is 12.9. The molecule has 1 saturated heterocycles.